The smallest absolute Gasteiger partial charge is 0.349 e. The summed E-state index contributed by atoms with van der Waals surface area (Å²) in [6.07, 6.45) is -11.5. The second kappa shape index (κ2) is 18.0. The number of ether oxygens (including phenoxy) is 7. The molecule has 9 N–H and O–H groups in total. The summed E-state index contributed by atoms with van der Waals surface area (Å²) in [6, 6.07) is 15.7. The number of aliphatic hydroxyl groups is 5. The number of nitrogens with two attached hydrogens (primary N) is 1. The molecule has 1 spiro atoms. The van der Waals surface area contributed by atoms with Gasteiger partial charge in [0, 0.05) is 42.7 Å². The van der Waals surface area contributed by atoms with Crippen molar-refractivity contribution < 1.29 is 73.1 Å². The Kier molecular flexibility index (Phi) is 13.3. The predicted octanol–water partition coefficient (Wildman–Crippen LogP) is 1.95. The number of epoxide rings is 1. The first-order chi connectivity index (χ1) is 31.1. The number of benzene rings is 2. The molecule has 2 aromatic carbocycles. The lowest BCUT2D eigenvalue weighted by Crippen LogP contribution is -2.81. The summed E-state index contributed by atoms with van der Waals surface area (Å²) in [4.78, 5) is 42.2. The van der Waals surface area contributed by atoms with Crippen molar-refractivity contribution >= 4 is 17.9 Å². The minimum atomic E-state index is -2.17. The molecule has 18 atom stereocenters. The highest BCUT2D eigenvalue weighted by atomic mass is 16.7. The largest absolute Gasteiger partial charge is 0.459 e. The van der Waals surface area contributed by atoms with Gasteiger partial charge in [-0.1, -0.05) is 81.4 Å². The van der Waals surface area contributed by atoms with E-state index in [1.807, 2.05) is 0 Å². The molecule has 6 fully saturated rings. The van der Waals surface area contributed by atoms with Crippen molar-refractivity contribution in [2.75, 3.05) is 6.61 Å². The molecule has 4 aliphatic carbocycles. The number of esters is 3. The van der Waals surface area contributed by atoms with Crippen LogP contribution in [-0.4, -0.2) is 128 Å². The molecular formula is C48H67N3O15. The molecule has 2 saturated heterocycles. The molecule has 0 amide bonds. The van der Waals surface area contributed by atoms with Gasteiger partial charge in [0.25, 0.3) is 0 Å². The first-order valence-corrected chi connectivity index (χ1v) is 23.1. The second-order valence-electron chi connectivity index (χ2n) is 20.9. The molecule has 66 heavy (non-hydrogen) atoms. The second-order valence-corrected chi connectivity index (χ2v) is 20.9. The van der Waals surface area contributed by atoms with Gasteiger partial charge in [0.1, 0.15) is 35.6 Å². The highest BCUT2D eigenvalue weighted by Crippen LogP contribution is 2.69. The standard InChI is InChI=1S/C48H67N3O15/c1-24-30(61-42(57)36(62-41(56)28-18-19-29(20-28)51-49)34(26-14-10-8-11-15-26)50-43(58)66-44(3,4)5)22-47(59)39(63-40(55)27-16-12-9-13-17-27)37-46(64-25(2)52)23-60-32(46)21-31(53)48(37)38(65-48)35(54)33(24)45(47,6)7/h8-17,24,28-40,43,50-51,53-55,58-59H,18-23,49H2,1-7H3/t24?,28?,29?,30-,31-,32?,33-,34-,35+,36+,37+,38+,39-,40?,43?,46-,47+,48-/m1/s1. The van der Waals surface area contributed by atoms with E-state index in [0.717, 1.165) is 0 Å². The lowest BCUT2D eigenvalue weighted by molar-refractivity contribution is -0.363. The molecule has 2 bridgehead atoms. The van der Waals surface area contributed by atoms with Gasteiger partial charge in [-0.05, 0) is 51.5 Å². The first-order valence-electron chi connectivity index (χ1n) is 23.1. The number of rotatable bonds is 14. The summed E-state index contributed by atoms with van der Waals surface area (Å²) in [6.45, 7) is 11.6. The Morgan fingerprint density at radius 3 is 2.18 bits per heavy atom. The molecule has 0 aromatic heterocycles. The third kappa shape index (κ3) is 8.48. The predicted molar refractivity (Wildman–Crippen MR) is 232 cm³/mol. The van der Waals surface area contributed by atoms with Crippen LogP contribution in [0.15, 0.2) is 60.7 Å². The van der Waals surface area contributed by atoms with Crippen LogP contribution in [0, 0.1) is 29.1 Å². The number of hydrogen-bond donors (Lipinski definition) is 8. The molecule has 0 radical (unpaired) electrons. The Morgan fingerprint density at radius 2 is 1.61 bits per heavy atom. The molecule has 2 aliphatic heterocycles. The summed E-state index contributed by atoms with van der Waals surface area (Å²) in [7, 11) is 0. The lowest BCUT2D eigenvalue weighted by Gasteiger charge is -2.66. The van der Waals surface area contributed by atoms with Gasteiger partial charge in [-0.3, -0.25) is 26.2 Å². The van der Waals surface area contributed by atoms with Gasteiger partial charge in [0.05, 0.1) is 42.3 Å². The van der Waals surface area contributed by atoms with Gasteiger partial charge in [0.15, 0.2) is 11.9 Å². The minimum Gasteiger partial charge on any atom is -0.459 e. The fraction of sp³-hybridized carbons (Fsp3) is 0.688. The maximum atomic E-state index is 15.2. The van der Waals surface area contributed by atoms with Crippen LogP contribution in [-0.2, 0) is 47.5 Å². The van der Waals surface area contributed by atoms with E-state index in [1.165, 1.54) is 6.92 Å². The zero-order chi connectivity index (χ0) is 47.7. The Balaban J connectivity index is 1.22. The molecule has 6 aliphatic rings. The molecule has 2 aromatic rings. The summed E-state index contributed by atoms with van der Waals surface area (Å²) >= 11 is 0. The Hall–Kier alpha value is -3.63. The molecule has 364 valence electrons. The van der Waals surface area contributed by atoms with Crippen molar-refractivity contribution in [1.29, 1.82) is 0 Å². The molecule has 8 rings (SSSR count). The summed E-state index contributed by atoms with van der Waals surface area (Å²) in [5, 5.41) is 64.5. The number of fused-ring (bicyclic) bond motifs is 4. The van der Waals surface area contributed by atoms with Crippen LogP contribution >= 0.6 is 0 Å². The van der Waals surface area contributed by atoms with Crippen LogP contribution in [0.25, 0.3) is 0 Å². The topological polar surface area (TPSA) is 270 Å². The Morgan fingerprint density at radius 1 is 0.955 bits per heavy atom. The van der Waals surface area contributed by atoms with Gasteiger partial charge in [-0.25, -0.2) is 4.79 Å². The van der Waals surface area contributed by atoms with Crippen molar-refractivity contribution in [3.8, 4) is 0 Å². The third-order valence-electron chi connectivity index (χ3n) is 15.5. The number of hydrogen-bond acceptors (Lipinski definition) is 18. The highest BCUT2D eigenvalue weighted by molar-refractivity contribution is 5.81. The van der Waals surface area contributed by atoms with Gasteiger partial charge in [-0.15, -0.1) is 0 Å². The van der Waals surface area contributed by atoms with E-state index in [9.17, 15) is 35.1 Å². The van der Waals surface area contributed by atoms with E-state index in [1.54, 1.807) is 102 Å². The van der Waals surface area contributed by atoms with Crippen LogP contribution in [0.2, 0.25) is 0 Å². The number of aliphatic hydroxyl groups excluding tert-OH is 4. The fourth-order valence-electron chi connectivity index (χ4n) is 12.2. The van der Waals surface area contributed by atoms with Crippen LogP contribution in [0.5, 0.6) is 0 Å². The summed E-state index contributed by atoms with van der Waals surface area (Å²) in [5.74, 6) is -0.193. The fourth-order valence-corrected chi connectivity index (χ4v) is 12.2. The van der Waals surface area contributed by atoms with E-state index in [2.05, 4.69) is 10.7 Å². The molecular weight excluding hydrogens is 859 g/mol. The number of carbonyl (C=O) groups is 3. The average molecular weight is 926 g/mol. The lowest BCUT2D eigenvalue weighted by atomic mass is 9.45. The molecule has 18 nitrogen and oxygen atoms in total. The highest BCUT2D eigenvalue weighted by Gasteiger charge is 2.85. The molecule has 18 heteroatoms. The minimum absolute atomic E-state index is 0.0142. The maximum Gasteiger partial charge on any atom is 0.349 e. The van der Waals surface area contributed by atoms with Crippen LogP contribution < -0.4 is 16.6 Å². The Labute approximate surface area is 384 Å². The number of carbonyl (C=O) groups excluding carboxylic acids is 3. The number of hydrazine groups is 1. The zero-order valence-corrected chi connectivity index (χ0v) is 38.6. The van der Waals surface area contributed by atoms with Crippen LogP contribution in [0.1, 0.15) is 104 Å². The quantitative estimate of drug-likeness (QED) is 0.0336. The van der Waals surface area contributed by atoms with Crippen molar-refractivity contribution in [3.05, 3.63) is 71.8 Å². The molecule has 4 saturated carbocycles. The van der Waals surface area contributed by atoms with Gasteiger partial charge in [0.2, 0.25) is 12.5 Å². The third-order valence-corrected chi connectivity index (χ3v) is 15.5. The first kappa shape index (κ1) is 48.8. The van der Waals surface area contributed by atoms with Crippen LogP contribution in [0.4, 0.5) is 0 Å². The van der Waals surface area contributed by atoms with Gasteiger partial charge in [-0.2, -0.15) is 0 Å². The van der Waals surface area contributed by atoms with Crippen LogP contribution in [0.3, 0.4) is 0 Å². The molecule has 2 heterocycles. The SMILES string of the molecule is CC(=O)O[C@]12COC1C[C@@H](O)[C@]13O[C@H]1[C@@H](O)[C@H]1C(C)[C@H](OC(=O)[C@@H](OC(=O)C4CCC(NN)C4)[C@H](NC(O)OC(C)(C)C)c4ccccc4)C[C@](O)([C@H](OC(O)c4ccccc4)[C@H]32)C1(C)C. The Bertz CT molecular complexity index is 2080. The van der Waals surface area contributed by atoms with E-state index in [0.29, 0.717) is 30.4 Å². The van der Waals surface area contributed by atoms with Crippen molar-refractivity contribution in [1.82, 2.24) is 10.7 Å². The van der Waals surface area contributed by atoms with Crippen molar-refractivity contribution in [2.45, 2.75) is 170 Å². The normalized spacial score (nSPS) is 39.4. The van der Waals surface area contributed by atoms with E-state index in [4.69, 9.17) is 39.0 Å². The van der Waals surface area contributed by atoms with Gasteiger partial charge < -0.3 is 58.7 Å². The van der Waals surface area contributed by atoms with E-state index in [-0.39, 0.29) is 25.5 Å². The van der Waals surface area contributed by atoms with Gasteiger partial charge >= 0.3 is 17.9 Å². The summed E-state index contributed by atoms with van der Waals surface area (Å²) < 4.78 is 43.8. The monoisotopic (exact) mass is 925 g/mol. The zero-order valence-electron chi connectivity index (χ0n) is 38.6. The summed E-state index contributed by atoms with van der Waals surface area (Å²) in [5.41, 5.74) is -4.02. The van der Waals surface area contributed by atoms with E-state index < -0.39 is 131 Å². The van der Waals surface area contributed by atoms with Crippen molar-refractivity contribution in [2.24, 2.45) is 34.9 Å². The van der Waals surface area contributed by atoms with Crippen molar-refractivity contribution in [3.63, 3.8) is 0 Å². The maximum absolute atomic E-state index is 15.2. The number of nitrogens with one attached hydrogen (secondary N) is 2. The molecule has 6 unspecified atom stereocenters. The average Bonchev–Trinajstić information content (AvgIpc) is 3.80. The van der Waals surface area contributed by atoms with E-state index >= 15 is 4.79 Å².